The zero-order chi connectivity index (χ0) is 22.9. The van der Waals surface area contributed by atoms with Crippen LogP contribution in [0.1, 0.15) is 5.56 Å². The molecule has 6 rings (SSSR count). The molecule has 3 aromatic rings. The molecule has 2 heterocycles. The van der Waals surface area contributed by atoms with Gasteiger partial charge in [-0.25, -0.2) is 4.39 Å². The van der Waals surface area contributed by atoms with E-state index >= 15 is 0 Å². The molecule has 1 N–H and O–H groups in total. The van der Waals surface area contributed by atoms with Crippen LogP contribution in [0.2, 0.25) is 0 Å². The van der Waals surface area contributed by atoms with Crippen molar-refractivity contribution < 1.29 is 9.13 Å². The number of piperidine rings is 1. The quantitative estimate of drug-likeness (QED) is 0.533. The molecular formula is C29H32FN3O. The van der Waals surface area contributed by atoms with E-state index in [1.165, 1.54) is 29.8 Å². The molecule has 0 spiro atoms. The predicted molar refractivity (Wildman–Crippen MR) is 136 cm³/mol. The second-order valence-corrected chi connectivity index (χ2v) is 9.90. The number of nitrogens with one attached hydrogen (secondary N) is 1. The smallest absolute Gasteiger partial charge is 0.148 e. The van der Waals surface area contributed by atoms with Gasteiger partial charge in [-0.1, -0.05) is 54.6 Å². The fourth-order valence-corrected chi connectivity index (χ4v) is 5.77. The van der Waals surface area contributed by atoms with E-state index in [0.29, 0.717) is 24.8 Å². The average Bonchev–Trinajstić information content (AvgIpc) is 3.34. The van der Waals surface area contributed by atoms with Crippen LogP contribution in [-0.4, -0.2) is 50.8 Å². The number of hydrogen-bond donors (Lipinski definition) is 1. The van der Waals surface area contributed by atoms with E-state index in [4.69, 9.17) is 4.74 Å². The lowest BCUT2D eigenvalue weighted by Gasteiger charge is -2.29. The number of benzene rings is 3. The number of nitrogens with zero attached hydrogens (tertiary/aromatic N) is 2. The van der Waals surface area contributed by atoms with Gasteiger partial charge in [0.15, 0.2) is 0 Å². The van der Waals surface area contributed by atoms with Crippen LogP contribution in [0, 0.1) is 23.6 Å². The molecule has 0 amide bonds. The monoisotopic (exact) mass is 457 g/mol. The van der Waals surface area contributed by atoms with Crippen molar-refractivity contribution in [1.29, 1.82) is 0 Å². The summed E-state index contributed by atoms with van der Waals surface area (Å²) in [5, 5.41) is 3.49. The molecule has 0 radical (unpaired) electrons. The summed E-state index contributed by atoms with van der Waals surface area (Å²) in [5.41, 5.74) is 5.49. The van der Waals surface area contributed by atoms with Gasteiger partial charge in [-0.3, -0.25) is 4.90 Å². The Hall–Kier alpha value is -2.89. The molecule has 3 aliphatic rings. The lowest BCUT2D eigenvalue weighted by molar-refractivity contribution is 0.122. The van der Waals surface area contributed by atoms with E-state index in [2.05, 4.69) is 69.7 Å². The van der Waals surface area contributed by atoms with Crippen LogP contribution in [0.15, 0.2) is 72.8 Å². The molecule has 2 aliphatic heterocycles. The number of fused-ring (bicyclic) bond motifs is 1. The summed E-state index contributed by atoms with van der Waals surface area (Å²) >= 11 is 0. The van der Waals surface area contributed by atoms with Gasteiger partial charge in [0.2, 0.25) is 0 Å². The van der Waals surface area contributed by atoms with Crippen LogP contribution < -0.4 is 10.2 Å². The fraction of sp³-hybridized carbons (Fsp3) is 0.379. The van der Waals surface area contributed by atoms with Crippen molar-refractivity contribution in [2.24, 2.45) is 17.8 Å². The van der Waals surface area contributed by atoms with E-state index in [1.54, 1.807) is 6.07 Å². The van der Waals surface area contributed by atoms with E-state index in [0.717, 1.165) is 43.7 Å². The summed E-state index contributed by atoms with van der Waals surface area (Å²) in [6.07, 6.45) is 0. The number of likely N-dealkylation sites (tertiary alicyclic amines) is 1. The van der Waals surface area contributed by atoms with Gasteiger partial charge in [0.25, 0.3) is 0 Å². The zero-order valence-corrected chi connectivity index (χ0v) is 19.5. The summed E-state index contributed by atoms with van der Waals surface area (Å²) in [5.74, 6) is 2.10. The van der Waals surface area contributed by atoms with Crippen LogP contribution in [0.5, 0.6) is 0 Å². The van der Waals surface area contributed by atoms with Gasteiger partial charge in [-0.05, 0) is 52.6 Å². The third-order valence-electron chi connectivity index (χ3n) is 7.76. The number of morpholine rings is 1. The molecule has 1 saturated carbocycles. The Balaban J connectivity index is 0.972. The van der Waals surface area contributed by atoms with Crippen molar-refractivity contribution in [2.75, 3.05) is 56.2 Å². The summed E-state index contributed by atoms with van der Waals surface area (Å²) in [6, 6.07) is 25.1. The van der Waals surface area contributed by atoms with Crippen LogP contribution in [0.4, 0.5) is 15.8 Å². The van der Waals surface area contributed by atoms with Gasteiger partial charge in [-0.15, -0.1) is 0 Å². The molecule has 5 heteroatoms. The Kier molecular flexibility index (Phi) is 5.98. The second-order valence-electron chi connectivity index (χ2n) is 9.90. The highest BCUT2D eigenvalue weighted by atomic mass is 19.1. The summed E-state index contributed by atoms with van der Waals surface area (Å²) in [6.45, 7) is 7.14. The Morgan fingerprint density at radius 3 is 2.26 bits per heavy atom. The molecule has 2 unspecified atom stereocenters. The summed E-state index contributed by atoms with van der Waals surface area (Å²) < 4.78 is 20.0. The fourth-order valence-electron chi connectivity index (χ4n) is 5.77. The maximum atomic E-state index is 14.7. The number of rotatable bonds is 7. The lowest BCUT2D eigenvalue weighted by Crippen LogP contribution is -2.36. The Labute approximate surface area is 201 Å². The van der Waals surface area contributed by atoms with Gasteiger partial charge in [0.05, 0.1) is 18.9 Å². The molecule has 0 bridgehead atoms. The Morgan fingerprint density at radius 2 is 1.56 bits per heavy atom. The van der Waals surface area contributed by atoms with E-state index in [-0.39, 0.29) is 5.82 Å². The minimum atomic E-state index is -0.146. The minimum Gasteiger partial charge on any atom is -0.385 e. The molecule has 3 fully saturated rings. The van der Waals surface area contributed by atoms with Crippen molar-refractivity contribution in [3.63, 3.8) is 0 Å². The second kappa shape index (κ2) is 9.40. The van der Waals surface area contributed by atoms with E-state index < -0.39 is 0 Å². The molecule has 2 saturated heterocycles. The first-order chi connectivity index (χ1) is 16.7. The largest absolute Gasteiger partial charge is 0.385 e. The third kappa shape index (κ3) is 4.55. The molecule has 3 aromatic carbocycles. The highest BCUT2D eigenvalue weighted by Gasteiger charge is 2.54. The van der Waals surface area contributed by atoms with Crippen molar-refractivity contribution in [3.05, 3.63) is 84.2 Å². The van der Waals surface area contributed by atoms with Gasteiger partial charge in [0.1, 0.15) is 5.82 Å². The highest BCUT2D eigenvalue weighted by Crippen LogP contribution is 2.51. The van der Waals surface area contributed by atoms with E-state index in [9.17, 15) is 4.39 Å². The third-order valence-corrected chi connectivity index (χ3v) is 7.76. The summed E-state index contributed by atoms with van der Waals surface area (Å²) in [4.78, 5) is 4.65. The van der Waals surface area contributed by atoms with Crippen molar-refractivity contribution >= 4 is 11.4 Å². The maximum Gasteiger partial charge on any atom is 0.148 e. The minimum absolute atomic E-state index is 0.146. The first kappa shape index (κ1) is 21.6. The van der Waals surface area contributed by atoms with Crippen LogP contribution >= 0.6 is 0 Å². The van der Waals surface area contributed by atoms with E-state index in [1.807, 2.05) is 12.1 Å². The number of anilines is 2. The molecule has 1 aliphatic carbocycles. The Morgan fingerprint density at radius 1 is 0.853 bits per heavy atom. The predicted octanol–water partition coefficient (Wildman–Crippen LogP) is 5.12. The van der Waals surface area contributed by atoms with Gasteiger partial charge >= 0.3 is 0 Å². The molecule has 176 valence electrons. The molecule has 34 heavy (non-hydrogen) atoms. The van der Waals surface area contributed by atoms with Gasteiger partial charge in [-0.2, -0.15) is 0 Å². The van der Waals surface area contributed by atoms with Crippen LogP contribution in [0.25, 0.3) is 11.1 Å². The topological polar surface area (TPSA) is 27.7 Å². The summed E-state index contributed by atoms with van der Waals surface area (Å²) in [7, 11) is 0. The SMILES string of the molecule is Fc1cc(NCC2C3CN(Cc4ccc(-c5ccccc5)cc4)CC23)ccc1N1CCOCC1. The van der Waals surface area contributed by atoms with Crippen LogP contribution in [-0.2, 0) is 11.3 Å². The Bertz CT molecular complexity index is 1100. The van der Waals surface area contributed by atoms with Gasteiger partial charge in [0, 0.05) is 45.0 Å². The first-order valence-electron chi connectivity index (χ1n) is 12.5. The highest BCUT2D eigenvalue weighted by molar-refractivity contribution is 5.63. The lowest BCUT2D eigenvalue weighted by atomic mass is 10.0. The van der Waals surface area contributed by atoms with Crippen LogP contribution in [0.3, 0.4) is 0 Å². The van der Waals surface area contributed by atoms with Crippen molar-refractivity contribution in [2.45, 2.75) is 6.54 Å². The molecule has 4 nitrogen and oxygen atoms in total. The van der Waals surface area contributed by atoms with Crippen molar-refractivity contribution in [1.82, 2.24) is 4.90 Å². The van der Waals surface area contributed by atoms with Gasteiger partial charge < -0.3 is 15.0 Å². The molecule has 2 atom stereocenters. The number of hydrogen-bond acceptors (Lipinski definition) is 4. The first-order valence-corrected chi connectivity index (χ1v) is 12.5. The normalized spacial score (nSPS) is 24.1. The number of halogens is 1. The standard InChI is InChI=1S/C29H32FN3O/c30-28-16-24(10-11-29(28)33-12-14-34-15-13-33)31-17-25-26-19-32(20-27(25)26)18-21-6-8-23(9-7-21)22-4-2-1-3-5-22/h1-11,16,25-27,31H,12-15,17-20H2. The molecular weight excluding hydrogens is 425 g/mol. The average molecular weight is 458 g/mol. The molecule has 0 aromatic heterocycles. The van der Waals surface area contributed by atoms with Crippen molar-refractivity contribution in [3.8, 4) is 11.1 Å². The maximum absolute atomic E-state index is 14.7. The number of ether oxygens (including phenoxy) is 1. The zero-order valence-electron chi connectivity index (χ0n) is 19.5.